The van der Waals surface area contributed by atoms with Crippen molar-refractivity contribution >= 4 is 51.4 Å². The zero-order chi connectivity index (χ0) is 17.8. The molecule has 0 saturated heterocycles. The number of nitrogens with zero attached hydrogens (tertiary/aromatic N) is 3. The molecule has 25 heavy (non-hydrogen) atoms. The van der Waals surface area contributed by atoms with Crippen LogP contribution in [0.2, 0.25) is 0 Å². The summed E-state index contributed by atoms with van der Waals surface area (Å²) < 4.78 is 0.712. The highest BCUT2D eigenvalue weighted by Crippen LogP contribution is 2.36. The van der Waals surface area contributed by atoms with Crippen LogP contribution in [0.5, 0.6) is 0 Å². The summed E-state index contributed by atoms with van der Waals surface area (Å²) in [5, 5.41) is 13.9. The number of hydrogen-bond donors (Lipinski definition) is 1. The van der Waals surface area contributed by atoms with Crippen LogP contribution in [0.3, 0.4) is 0 Å². The van der Waals surface area contributed by atoms with E-state index in [0.717, 1.165) is 17.7 Å². The minimum atomic E-state index is -0.0358. The minimum absolute atomic E-state index is 0.00520. The Morgan fingerprint density at radius 3 is 2.88 bits per heavy atom. The maximum Gasteiger partial charge on any atom is 0.230 e. The van der Waals surface area contributed by atoms with E-state index < -0.39 is 0 Å². The molecule has 0 aromatic carbocycles. The largest absolute Gasteiger partial charge is 0.348 e. The molecule has 0 radical (unpaired) electrons. The van der Waals surface area contributed by atoms with Crippen molar-refractivity contribution in [1.29, 1.82) is 0 Å². The predicted molar refractivity (Wildman–Crippen MR) is 102 cm³/mol. The van der Waals surface area contributed by atoms with Crippen LogP contribution in [-0.2, 0) is 9.59 Å². The normalized spacial score (nSPS) is 15.0. The fourth-order valence-electron chi connectivity index (χ4n) is 2.35. The second kappa shape index (κ2) is 8.29. The molecule has 3 rings (SSSR count). The molecule has 2 aromatic rings. The van der Waals surface area contributed by atoms with Crippen LogP contribution in [0.1, 0.15) is 44.0 Å². The van der Waals surface area contributed by atoms with Crippen molar-refractivity contribution < 1.29 is 9.59 Å². The van der Waals surface area contributed by atoms with Crippen molar-refractivity contribution in [3.05, 3.63) is 22.4 Å². The summed E-state index contributed by atoms with van der Waals surface area (Å²) in [4.78, 5) is 27.1. The molecule has 1 unspecified atom stereocenters. The maximum atomic E-state index is 12.1. The van der Waals surface area contributed by atoms with Gasteiger partial charge in [0.1, 0.15) is 0 Å². The number of nitrogens with one attached hydrogen (secondary N) is 1. The van der Waals surface area contributed by atoms with Gasteiger partial charge in [-0.1, -0.05) is 36.1 Å². The lowest BCUT2D eigenvalue weighted by molar-refractivity contribution is -0.119. The molecule has 2 amide bonds. The van der Waals surface area contributed by atoms with Crippen molar-refractivity contribution in [2.24, 2.45) is 0 Å². The standard InChI is InChI=1S/C16H20N4O2S3/c1-3-14(22)20(11-6-7-11)15-18-19-16(25-15)24-9-13(21)17-10(2)12-5-4-8-23-12/h4-5,8,10-11H,3,6-7,9H2,1-2H3,(H,17,21). The topological polar surface area (TPSA) is 75.2 Å². The molecule has 1 saturated carbocycles. The molecule has 6 nitrogen and oxygen atoms in total. The number of carbonyl (C=O) groups excluding carboxylic acids is 2. The van der Waals surface area contributed by atoms with Gasteiger partial charge in [-0.2, -0.15) is 0 Å². The number of thioether (sulfide) groups is 1. The summed E-state index contributed by atoms with van der Waals surface area (Å²) in [6.07, 6.45) is 2.51. The van der Waals surface area contributed by atoms with Gasteiger partial charge < -0.3 is 5.32 Å². The van der Waals surface area contributed by atoms with Crippen molar-refractivity contribution in [2.45, 2.75) is 49.5 Å². The predicted octanol–water partition coefficient (Wildman–Crippen LogP) is 3.47. The van der Waals surface area contributed by atoms with Crippen LogP contribution < -0.4 is 10.2 Å². The van der Waals surface area contributed by atoms with E-state index in [1.165, 1.54) is 23.1 Å². The zero-order valence-electron chi connectivity index (χ0n) is 14.1. The molecule has 0 aliphatic heterocycles. The van der Waals surface area contributed by atoms with Crippen molar-refractivity contribution in [1.82, 2.24) is 15.5 Å². The van der Waals surface area contributed by atoms with Gasteiger partial charge in [0.2, 0.25) is 16.9 Å². The molecule has 1 N–H and O–H groups in total. The molecule has 0 spiro atoms. The number of thiophene rings is 1. The monoisotopic (exact) mass is 396 g/mol. The summed E-state index contributed by atoms with van der Waals surface area (Å²) >= 11 is 4.36. The van der Waals surface area contributed by atoms with E-state index in [1.807, 2.05) is 31.4 Å². The average molecular weight is 397 g/mol. The van der Waals surface area contributed by atoms with Gasteiger partial charge in [0.05, 0.1) is 11.8 Å². The minimum Gasteiger partial charge on any atom is -0.348 e. The van der Waals surface area contributed by atoms with Crippen molar-refractivity contribution in [3.63, 3.8) is 0 Å². The Kier molecular flexibility index (Phi) is 6.08. The number of hydrogen-bond acceptors (Lipinski definition) is 7. The Bertz CT molecular complexity index is 728. The van der Waals surface area contributed by atoms with Crippen LogP contribution in [0.15, 0.2) is 21.9 Å². The Morgan fingerprint density at radius 2 is 2.24 bits per heavy atom. The van der Waals surface area contributed by atoms with E-state index in [9.17, 15) is 9.59 Å². The molecule has 2 heterocycles. The van der Waals surface area contributed by atoms with Crippen LogP contribution >= 0.6 is 34.4 Å². The first kappa shape index (κ1) is 18.3. The highest BCUT2D eigenvalue weighted by molar-refractivity contribution is 8.01. The van der Waals surface area contributed by atoms with E-state index in [0.29, 0.717) is 15.9 Å². The third-order valence-corrected chi connectivity index (χ3v) is 6.87. The number of carbonyl (C=O) groups is 2. The van der Waals surface area contributed by atoms with Gasteiger partial charge in [-0.3, -0.25) is 14.5 Å². The SMILES string of the molecule is CCC(=O)N(c1nnc(SCC(=O)NC(C)c2cccs2)s1)C1CC1. The van der Waals surface area contributed by atoms with Gasteiger partial charge in [-0.25, -0.2) is 0 Å². The highest BCUT2D eigenvalue weighted by Gasteiger charge is 2.35. The summed E-state index contributed by atoms with van der Waals surface area (Å²) in [5.74, 6) is 0.333. The number of aromatic nitrogens is 2. The van der Waals surface area contributed by atoms with Crippen LogP contribution in [0.25, 0.3) is 0 Å². The van der Waals surface area contributed by atoms with Gasteiger partial charge in [0, 0.05) is 17.3 Å². The van der Waals surface area contributed by atoms with E-state index in [-0.39, 0.29) is 29.7 Å². The third-order valence-electron chi connectivity index (χ3n) is 3.76. The fourth-order valence-corrected chi connectivity index (χ4v) is 4.82. The van der Waals surface area contributed by atoms with Gasteiger partial charge in [-0.15, -0.1) is 21.5 Å². The second-order valence-corrected chi connectivity index (χ2v) is 8.95. The lowest BCUT2D eigenvalue weighted by Gasteiger charge is -2.17. The molecular weight excluding hydrogens is 376 g/mol. The molecule has 2 aromatic heterocycles. The highest BCUT2D eigenvalue weighted by atomic mass is 32.2. The summed E-state index contributed by atoms with van der Waals surface area (Å²) in [6.45, 7) is 3.83. The van der Waals surface area contributed by atoms with Gasteiger partial charge in [-0.05, 0) is 31.2 Å². The lowest BCUT2D eigenvalue weighted by atomic mass is 10.3. The summed E-state index contributed by atoms with van der Waals surface area (Å²) in [5.41, 5.74) is 0. The summed E-state index contributed by atoms with van der Waals surface area (Å²) in [6, 6.07) is 4.26. The Morgan fingerprint density at radius 1 is 1.44 bits per heavy atom. The van der Waals surface area contributed by atoms with Crippen LogP contribution in [0.4, 0.5) is 5.13 Å². The zero-order valence-corrected chi connectivity index (χ0v) is 16.5. The Hall–Kier alpha value is -1.45. The molecule has 1 aliphatic rings. The lowest BCUT2D eigenvalue weighted by Crippen LogP contribution is -2.32. The molecule has 1 aliphatic carbocycles. The van der Waals surface area contributed by atoms with Crippen LogP contribution in [-0.4, -0.2) is 33.8 Å². The second-order valence-electron chi connectivity index (χ2n) is 5.79. The summed E-state index contributed by atoms with van der Waals surface area (Å²) in [7, 11) is 0. The van der Waals surface area contributed by atoms with Gasteiger partial charge >= 0.3 is 0 Å². The van der Waals surface area contributed by atoms with E-state index in [2.05, 4.69) is 15.5 Å². The molecule has 0 bridgehead atoms. The first-order chi connectivity index (χ1) is 12.1. The maximum absolute atomic E-state index is 12.1. The van der Waals surface area contributed by atoms with Crippen molar-refractivity contribution in [2.75, 3.05) is 10.7 Å². The fraction of sp³-hybridized carbons (Fsp3) is 0.500. The third kappa shape index (κ3) is 4.80. The van der Waals surface area contributed by atoms with Gasteiger partial charge in [0.15, 0.2) is 4.34 Å². The first-order valence-corrected chi connectivity index (χ1v) is 10.9. The Labute approximate surface area is 159 Å². The number of anilines is 1. The smallest absolute Gasteiger partial charge is 0.230 e. The van der Waals surface area contributed by atoms with E-state index >= 15 is 0 Å². The molecular formula is C16H20N4O2S3. The van der Waals surface area contributed by atoms with Crippen molar-refractivity contribution in [3.8, 4) is 0 Å². The molecule has 1 fully saturated rings. The Balaban J connectivity index is 1.53. The van der Waals surface area contributed by atoms with Gasteiger partial charge in [0.25, 0.3) is 0 Å². The molecule has 134 valence electrons. The quantitative estimate of drug-likeness (QED) is 0.546. The number of amides is 2. The first-order valence-electron chi connectivity index (χ1n) is 8.19. The van der Waals surface area contributed by atoms with E-state index in [1.54, 1.807) is 16.2 Å². The van der Waals surface area contributed by atoms with E-state index in [4.69, 9.17) is 0 Å². The average Bonchev–Trinajstić information content (AvgIpc) is 3.10. The molecule has 9 heteroatoms. The molecule has 1 atom stereocenters. The number of rotatable bonds is 8. The van der Waals surface area contributed by atoms with Crippen LogP contribution in [0, 0.1) is 0 Å².